The molecule has 0 aromatic heterocycles. The highest BCUT2D eigenvalue weighted by Crippen LogP contribution is 2.56. The van der Waals surface area contributed by atoms with E-state index >= 15 is 0 Å². The first-order valence-electron chi connectivity index (χ1n) is 15.9. The molecule has 11 heteroatoms. The number of nitro groups is 1. The Morgan fingerprint density at radius 1 is 0.816 bits per heavy atom. The first-order valence-corrected chi connectivity index (χ1v) is 15.9. The summed E-state index contributed by atoms with van der Waals surface area (Å²) in [5, 5.41) is 20.0. The molecule has 0 bridgehead atoms. The third-order valence-electron chi connectivity index (χ3n) is 8.64. The summed E-state index contributed by atoms with van der Waals surface area (Å²) in [6, 6.07) is 15.9. The van der Waals surface area contributed by atoms with Gasteiger partial charge in [-0.15, -0.1) is 0 Å². The van der Waals surface area contributed by atoms with Crippen LogP contribution in [0.25, 0.3) is 11.1 Å². The standard InChI is InChI=1S/C38H37N3O8/c1-7-11-15-25(8-2)36(44)48-39-23(5)34(42)27-18-19-29-30(20-27)38(9-3,10-4)31-21-28(22-32(33(29)31)41(46)47)35(43)24(6)40-49-37(45)26-16-13-12-14-17-26/h8,11-22H,7,9-10H2,1-6H3/b15-11-,25-8+,39-23+,40-24+. The summed E-state index contributed by atoms with van der Waals surface area (Å²) in [6.07, 6.45) is 6.73. The molecule has 0 N–H and O–H groups in total. The molecule has 0 radical (unpaired) electrons. The third kappa shape index (κ3) is 7.20. The van der Waals surface area contributed by atoms with Gasteiger partial charge in [-0.3, -0.25) is 19.7 Å². The van der Waals surface area contributed by atoms with E-state index < -0.39 is 33.8 Å². The van der Waals surface area contributed by atoms with Gasteiger partial charge in [-0.05, 0) is 81.0 Å². The quantitative estimate of drug-likeness (QED) is 0.0338. The van der Waals surface area contributed by atoms with Gasteiger partial charge in [0, 0.05) is 22.6 Å². The van der Waals surface area contributed by atoms with Gasteiger partial charge in [0.25, 0.3) is 5.69 Å². The Bertz CT molecular complexity index is 1950. The number of nitro benzene ring substituents is 1. The van der Waals surface area contributed by atoms with Crippen LogP contribution in [0.2, 0.25) is 0 Å². The van der Waals surface area contributed by atoms with Crippen molar-refractivity contribution in [3.63, 3.8) is 0 Å². The molecule has 11 nitrogen and oxygen atoms in total. The molecule has 4 rings (SSSR count). The lowest BCUT2D eigenvalue weighted by atomic mass is 9.73. The van der Waals surface area contributed by atoms with Gasteiger partial charge in [0.15, 0.2) is 0 Å². The number of allylic oxidation sites excluding steroid dienone is 2. The van der Waals surface area contributed by atoms with Gasteiger partial charge in [0.1, 0.15) is 11.4 Å². The predicted octanol–water partition coefficient (Wildman–Crippen LogP) is 8.11. The van der Waals surface area contributed by atoms with Crippen molar-refractivity contribution in [3.8, 4) is 11.1 Å². The molecule has 1 aliphatic rings. The first kappa shape index (κ1) is 36.0. The Morgan fingerprint density at radius 3 is 2.02 bits per heavy atom. The van der Waals surface area contributed by atoms with E-state index in [1.54, 1.807) is 79.7 Å². The van der Waals surface area contributed by atoms with E-state index in [9.17, 15) is 29.3 Å². The average molecular weight is 664 g/mol. The molecule has 49 heavy (non-hydrogen) atoms. The van der Waals surface area contributed by atoms with Gasteiger partial charge in [0.2, 0.25) is 11.6 Å². The van der Waals surface area contributed by atoms with Crippen LogP contribution in [0.3, 0.4) is 0 Å². The largest absolute Gasteiger partial charge is 0.365 e. The van der Waals surface area contributed by atoms with Crippen LogP contribution in [-0.4, -0.2) is 39.9 Å². The fourth-order valence-electron chi connectivity index (χ4n) is 5.95. The lowest BCUT2D eigenvalue weighted by molar-refractivity contribution is -0.384. The fourth-order valence-corrected chi connectivity index (χ4v) is 5.95. The molecule has 0 spiro atoms. The number of oxime groups is 2. The number of carbonyl (C=O) groups is 4. The Morgan fingerprint density at radius 2 is 1.43 bits per heavy atom. The van der Waals surface area contributed by atoms with Crippen molar-refractivity contribution in [2.45, 2.75) is 66.2 Å². The van der Waals surface area contributed by atoms with Crippen LogP contribution in [0.4, 0.5) is 5.69 Å². The van der Waals surface area contributed by atoms with E-state index in [-0.39, 0.29) is 33.8 Å². The molecule has 0 heterocycles. The molecule has 0 amide bonds. The highest BCUT2D eigenvalue weighted by atomic mass is 16.7. The molecule has 0 aliphatic heterocycles. The van der Waals surface area contributed by atoms with Crippen LogP contribution in [0.15, 0.2) is 94.8 Å². The number of rotatable bonds is 13. The number of carbonyl (C=O) groups excluding carboxylic acids is 4. The van der Waals surface area contributed by atoms with E-state index in [1.807, 2.05) is 20.8 Å². The minimum Gasteiger partial charge on any atom is -0.312 e. The summed E-state index contributed by atoms with van der Waals surface area (Å²) in [7, 11) is 0. The minimum absolute atomic E-state index is 0.0110. The second kappa shape index (κ2) is 15.4. The molecule has 0 fully saturated rings. The number of ketones is 2. The molecular weight excluding hydrogens is 626 g/mol. The summed E-state index contributed by atoms with van der Waals surface area (Å²) in [5.41, 5.74) is 1.73. The van der Waals surface area contributed by atoms with Gasteiger partial charge in [-0.25, -0.2) is 9.59 Å². The van der Waals surface area contributed by atoms with Crippen molar-refractivity contribution < 1.29 is 33.8 Å². The summed E-state index contributed by atoms with van der Waals surface area (Å²) in [4.78, 5) is 73.7. The SMILES string of the molecule is C/C=C(\C=C/CC)C(=O)O/N=C(\C)C(=O)c1ccc2c(c1)C(CC)(CC)c1cc(C(=O)/C(C)=N/OC(=O)c3ccccc3)cc([N+](=O)[O-])c1-2. The molecule has 0 saturated heterocycles. The molecule has 1 aliphatic carbocycles. The van der Waals surface area contributed by atoms with Crippen molar-refractivity contribution >= 4 is 40.6 Å². The topological polar surface area (TPSA) is 155 Å². The van der Waals surface area contributed by atoms with Crippen molar-refractivity contribution in [2.75, 3.05) is 0 Å². The van der Waals surface area contributed by atoms with Crippen LogP contribution >= 0.6 is 0 Å². The van der Waals surface area contributed by atoms with Gasteiger partial charge in [0.05, 0.1) is 21.6 Å². The van der Waals surface area contributed by atoms with E-state index in [0.717, 1.165) is 6.42 Å². The minimum atomic E-state index is -0.781. The van der Waals surface area contributed by atoms with Crippen LogP contribution in [0.1, 0.15) is 103 Å². The predicted molar refractivity (Wildman–Crippen MR) is 186 cm³/mol. The Hall–Kier alpha value is -5.84. The summed E-state index contributed by atoms with van der Waals surface area (Å²) in [6.45, 7) is 10.3. The second-order valence-electron chi connectivity index (χ2n) is 11.4. The van der Waals surface area contributed by atoms with Gasteiger partial charge in [-0.1, -0.05) is 79.6 Å². The zero-order valence-electron chi connectivity index (χ0n) is 28.2. The van der Waals surface area contributed by atoms with E-state index in [2.05, 4.69) is 10.3 Å². The summed E-state index contributed by atoms with van der Waals surface area (Å²) in [5.74, 6) is -2.59. The first-order chi connectivity index (χ1) is 23.4. The Labute approximate surface area is 284 Å². The van der Waals surface area contributed by atoms with Crippen molar-refractivity contribution in [1.82, 2.24) is 0 Å². The highest BCUT2D eigenvalue weighted by Gasteiger charge is 2.45. The molecule has 0 atom stereocenters. The van der Waals surface area contributed by atoms with Crippen LogP contribution < -0.4 is 0 Å². The molecular formula is C38H37N3O8. The maximum atomic E-state index is 13.5. The van der Waals surface area contributed by atoms with Crippen LogP contribution in [0, 0.1) is 10.1 Å². The molecule has 3 aromatic carbocycles. The zero-order valence-corrected chi connectivity index (χ0v) is 28.2. The number of nitrogens with zero attached hydrogens (tertiary/aromatic N) is 3. The zero-order chi connectivity index (χ0) is 35.9. The smallest absolute Gasteiger partial charge is 0.312 e. The van der Waals surface area contributed by atoms with E-state index in [4.69, 9.17) is 9.68 Å². The Kier molecular flexibility index (Phi) is 11.3. The monoisotopic (exact) mass is 663 g/mol. The lowest BCUT2D eigenvalue weighted by Gasteiger charge is -2.30. The number of benzene rings is 3. The fraction of sp³-hybridized carbons (Fsp3) is 0.263. The molecule has 3 aromatic rings. The molecule has 0 unspecified atom stereocenters. The van der Waals surface area contributed by atoms with E-state index in [0.29, 0.717) is 40.7 Å². The van der Waals surface area contributed by atoms with E-state index in [1.165, 1.54) is 19.9 Å². The van der Waals surface area contributed by atoms with Crippen molar-refractivity contribution in [1.29, 1.82) is 0 Å². The second-order valence-corrected chi connectivity index (χ2v) is 11.4. The molecule has 252 valence electrons. The number of hydrogen-bond donors (Lipinski definition) is 0. The maximum absolute atomic E-state index is 13.5. The number of Topliss-reactive ketones (excluding diaryl/α,β-unsaturated/α-hetero) is 2. The van der Waals surface area contributed by atoms with Crippen LogP contribution in [-0.2, 0) is 19.9 Å². The van der Waals surface area contributed by atoms with Crippen molar-refractivity contribution in [3.05, 3.63) is 122 Å². The number of hydrogen-bond acceptors (Lipinski definition) is 10. The van der Waals surface area contributed by atoms with Gasteiger partial charge in [-0.2, -0.15) is 0 Å². The third-order valence-corrected chi connectivity index (χ3v) is 8.64. The summed E-state index contributed by atoms with van der Waals surface area (Å²) >= 11 is 0. The van der Waals surface area contributed by atoms with Gasteiger partial charge >= 0.3 is 11.9 Å². The maximum Gasteiger partial charge on any atom is 0.365 e. The Balaban J connectivity index is 1.71. The normalized spacial score (nSPS) is 13.9. The molecule has 0 saturated carbocycles. The lowest BCUT2D eigenvalue weighted by Crippen LogP contribution is -2.24. The number of fused-ring (bicyclic) bond motifs is 3. The summed E-state index contributed by atoms with van der Waals surface area (Å²) < 4.78 is 0. The highest BCUT2D eigenvalue weighted by molar-refractivity contribution is 6.46. The van der Waals surface area contributed by atoms with Crippen LogP contribution in [0.5, 0.6) is 0 Å². The van der Waals surface area contributed by atoms with Crippen molar-refractivity contribution in [2.24, 2.45) is 10.3 Å². The van der Waals surface area contributed by atoms with Gasteiger partial charge < -0.3 is 9.68 Å². The average Bonchev–Trinajstić information content (AvgIpc) is 3.41.